The molecule has 0 radical (unpaired) electrons. The Balaban J connectivity index is 1.83. The van der Waals surface area contributed by atoms with Crippen LogP contribution >= 0.6 is 0 Å². The molecule has 0 aliphatic rings. The summed E-state index contributed by atoms with van der Waals surface area (Å²) in [6, 6.07) is 35.2. The van der Waals surface area contributed by atoms with Gasteiger partial charge in [-0.15, -0.1) is 0 Å². The van der Waals surface area contributed by atoms with Crippen molar-refractivity contribution in [3.8, 4) is 0 Å². The van der Waals surface area contributed by atoms with Crippen LogP contribution in [0, 0.1) is 0 Å². The molecule has 2 N–H and O–H groups in total. The molecule has 0 spiro atoms. The van der Waals surface area contributed by atoms with E-state index in [-0.39, 0.29) is 5.78 Å². The molecule has 29 heavy (non-hydrogen) atoms. The lowest BCUT2D eigenvalue weighted by molar-refractivity contribution is 0.103. The van der Waals surface area contributed by atoms with Gasteiger partial charge >= 0.3 is 0 Å². The van der Waals surface area contributed by atoms with Crippen molar-refractivity contribution in [2.75, 3.05) is 5.73 Å². The summed E-state index contributed by atoms with van der Waals surface area (Å²) in [5, 5.41) is 0. The summed E-state index contributed by atoms with van der Waals surface area (Å²) in [7, 11) is 0. The summed E-state index contributed by atoms with van der Waals surface area (Å²) in [5.41, 5.74) is 12.2. The number of hydrogen-bond donors (Lipinski definition) is 1. The van der Waals surface area contributed by atoms with Gasteiger partial charge in [0.2, 0.25) is 0 Å². The summed E-state index contributed by atoms with van der Waals surface area (Å²) in [4.78, 5) is 12.9. The van der Waals surface area contributed by atoms with Gasteiger partial charge in [0.1, 0.15) is 0 Å². The zero-order valence-electron chi connectivity index (χ0n) is 16.0. The number of nitrogen functional groups attached to an aromatic ring is 1. The summed E-state index contributed by atoms with van der Waals surface area (Å²) in [5.74, 6) is -0.0701. The topological polar surface area (TPSA) is 43.1 Å². The Morgan fingerprint density at radius 1 is 0.586 bits per heavy atom. The number of carbonyl (C=O) groups excluding carboxylic acids is 1. The van der Waals surface area contributed by atoms with Gasteiger partial charge in [0.05, 0.1) is 5.69 Å². The molecule has 0 saturated carbocycles. The number of ketones is 1. The fourth-order valence-electron chi connectivity index (χ4n) is 3.38. The van der Waals surface area contributed by atoms with Crippen LogP contribution in [0.4, 0.5) is 5.69 Å². The fourth-order valence-corrected chi connectivity index (χ4v) is 3.38. The Kier molecular flexibility index (Phi) is 5.35. The standard InChI is InChI=1S/C27H21NO/c28-26-23(17-10-18-24(26)27(29)22-15-8-3-9-16-22)19-25(20-11-4-1-5-12-20)21-13-6-2-7-14-21/h1-19H,28H2. The third-order valence-corrected chi connectivity index (χ3v) is 4.89. The molecular formula is C27H21NO. The van der Waals surface area contributed by atoms with Crippen LogP contribution in [0.1, 0.15) is 32.6 Å². The van der Waals surface area contributed by atoms with Crippen molar-refractivity contribution >= 4 is 23.1 Å². The van der Waals surface area contributed by atoms with E-state index in [1.54, 1.807) is 6.07 Å². The minimum absolute atomic E-state index is 0.0701. The number of carbonyl (C=O) groups is 1. The molecule has 0 aliphatic carbocycles. The molecule has 4 aromatic rings. The van der Waals surface area contributed by atoms with Gasteiger partial charge in [-0.05, 0) is 34.4 Å². The monoisotopic (exact) mass is 375 g/mol. The van der Waals surface area contributed by atoms with E-state index in [2.05, 4.69) is 30.3 Å². The van der Waals surface area contributed by atoms with Crippen LogP contribution in [-0.2, 0) is 0 Å². The van der Waals surface area contributed by atoms with Crippen LogP contribution in [-0.4, -0.2) is 5.78 Å². The Labute approximate surface area is 171 Å². The van der Waals surface area contributed by atoms with Gasteiger partial charge in [0, 0.05) is 11.1 Å². The molecule has 2 nitrogen and oxygen atoms in total. The maximum Gasteiger partial charge on any atom is 0.195 e. The highest BCUT2D eigenvalue weighted by atomic mass is 16.1. The lowest BCUT2D eigenvalue weighted by atomic mass is 9.93. The second-order valence-electron chi connectivity index (χ2n) is 6.79. The van der Waals surface area contributed by atoms with E-state index in [0.29, 0.717) is 16.8 Å². The van der Waals surface area contributed by atoms with Gasteiger partial charge in [-0.25, -0.2) is 0 Å². The second-order valence-corrected chi connectivity index (χ2v) is 6.79. The molecule has 0 unspecified atom stereocenters. The first kappa shape index (κ1) is 18.5. The smallest absolute Gasteiger partial charge is 0.195 e. The Morgan fingerprint density at radius 2 is 1.07 bits per heavy atom. The van der Waals surface area contributed by atoms with Crippen LogP contribution in [0.25, 0.3) is 11.6 Å². The highest BCUT2D eigenvalue weighted by Gasteiger charge is 2.14. The average molecular weight is 375 g/mol. The number of hydrogen-bond acceptors (Lipinski definition) is 2. The first-order valence-corrected chi connectivity index (χ1v) is 9.55. The molecule has 0 saturated heterocycles. The number of benzene rings is 4. The number of nitrogens with two attached hydrogens (primary N) is 1. The van der Waals surface area contributed by atoms with Crippen molar-refractivity contribution < 1.29 is 4.79 Å². The molecule has 0 aliphatic heterocycles. The number of rotatable bonds is 5. The van der Waals surface area contributed by atoms with Crippen molar-refractivity contribution in [2.24, 2.45) is 0 Å². The predicted octanol–water partition coefficient (Wildman–Crippen LogP) is 6.09. The van der Waals surface area contributed by atoms with E-state index < -0.39 is 0 Å². The molecule has 4 aromatic carbocycles. The lowest BCUT2D eigenvalue weighted by Gasteiger charge is -2.12. The minimum Gasteiger partial charge on any atom is -0.398 e. The lowest BCUT2D eigenvalue weighted by Crippen LogP contribution is -2.06. The van der Waals surface area contributed by atoms with Crippen LogP contribution in [0.5, 0.6) is 0 Å². The van der Waals surface area contributed by atoms with Crippen molar-refractivity contribution in [1.82, 2.24) is 0 Å². The Bertz CT molecular complexity index is 1110. The third kappa shape index (κ3) is 4.02. The first-order valence-electron chi connectivity index (χ1n) is 9.55. The minimum atomic E-state index is -0.0701. The van der Waals surface area contributed by atoms with E-state index in [0.717, 1.165) is 22.3 Å². The zero-order chi connectivity index (χ0) is 20.1. The molecule has 4 rings (SSSR count). The average Bonchev–Trinajstić information content (AvgIpc) is 2.80. The van der Waals surface area contributed by atoms with Gasteiger partial charge in [0.25, 0.3) is 0 Å². The van der Waals surface area contributed by atoms with Crippen molar-refractivity contribution in [3.05, 3.63) is 137 Å². The van der Waals surface area contributed by atoms with Gasteiger partial charge in [-0.2, -0.15) is 0 Å². The van der Waals surface area contributed by atoms with Crippen molar-refractivity contribution in [1.29, 1.82) is 0 Å². The summed E-state index contributed by atoms with van der Waals surface area (Å²) < 4.78 is 0. The number of para-hydroxylation sites is 1. The second kappa shape index (κ2) is 8.41. The maximum atomic E-state index is 12.9. The molecular weight excluding hydrogens is 354 g/mol. The molecule has 0 atom stereocenters. The molecule has 0 heterocycles. The van der Waals surface area contributed by atoms with Crippen molar-refractivity contribution in [3.63, 3.8) is 0 Å². The molecule has 0 amide bonds. The van der Waals surface area contributed by atoms with Gasteiger partial charge in [0.15, 0.2) is 5.78 Å². The molecule has 0 aromatic heterocycles. The molecule has 2 heteroatoms. The van der Waals surface area contributed by atoms with E-state index in [1.165, 1.54) is 0 Å². The molecule has 0 bridgehead atoms. The van der Waals surface area contributed by atoms with Crippen LogP contribution in [0.2, 0.25) is 0 Å². The maximum absolute atomic E-state index is 12.9. The number of anilines is 1. The van der Waals surface area contributed by atoms with Gasteiger partial charge < -0.3 is 5.73 Å². The summed E-state index contributed by atoms with van der Waals surface area (Å²) in [6.45, 7) is 0. The van der Waals surface area contributed by atoms with Crippen LogP contribution in [0.3, 0.4) is 0 Å². The SMILES string of the molecule is Nc1c(C=C(c2ccccc2)c2ccccc2)cccc1C(=O)c1ccccc1. The highest BCUT2D eigenvalue weighted by Crippen LogP contribution is 2.29. The van der Waals surface area contributed by atoms with E-state index >= 15 is 0 Å². The highest BCUT2D eigenvalue weighted by molar-refractivity contribution is 6.13. The summed E-state index contributed by atoms with van der Waals surface area (Å²) >= 11 is 0. The van der Waals surface area contributed by atoms with E-state index in [4.69, 9.17) is 5.73 Å². The van der Waals surface area contributed by atoms with Crippen molar-refractivity contribution in [2.45, 2.75) is 0 Å². The van der Waals surface area contributed by atoms with Gasteiger partial charge in [-0.3, -0.25) is 4.79 Å². The third-order valence-electron chi connectivity index (χ3n) is 4.89. The normalized spacial score (nSPS) is 10.3. The largest absolute Gasteiger partial charge is 0.398 e. The quantitative estimate of drug-likeness (QED) is 0.261. The summed E-state index contributed by atoms with van der Waals surface area (Å²) in [6.07, 6.45) is 2.06. The zero-order valence-corrected chi connectivity index (χ0v) is 16.0. The van der Waals surface area contributed by atoms with Crippen LogP contribution < -0.4 is 5.73 Å². The Hall–Kier alpha value is -3.91. The first-order chi connectivity index (χ1) is 14.2. The fraction of sp³-hybridized carbons (Fsp3) is 0. The molecule has 140 valence electrons. The van der Waals surface area contributed by atoms with E-state index in [1.807, 2.05) is 78.9 Å². The van der Waals surface area contributed by atoms with E-state index in [9.17, 15) is 4.79 Å². The molecule has 0 fully saturated rings. The predicted molar refractivity (Wildman–Crippen MR) is 121 cm³/mol. The Morgan fingerprint density at radius 3 is 1.59 bits per heavy atom. The van der Waals surface area contributed by atoms with Gasteiger partial charge in [-0.1, -0.05) is 103 Å². The van der Waals surface area contributed by atoms with Crippen LogP contribution in [0.15, 0.2) is 109 Å².